The summed E-state index contributed by atoms with van der Waals surface area (Å²) in [4.78, 5) is 12.3. The molecule has 0 aliphatic heterocycles. The predicted molar refractivity (Wildman–Crippen MR) is 72.5 cm³/mol. The highest BCUT2D eigenvalue weighted by molar-refractivity contribution is 5.93. The molecule has 3 N–H and O–H groups in total. The van der Waals surface area contributed by atoms with Gasteiger partial charge in [0.25, 0.3) is 5.91 Å². The lowest BCUT2D eigenvalue weighted by Crippen LogP contribution is -2.49. The van der Waals surface area contributed by atoms with Crippen LogP contribution in [0.1, 0.15) is 56.1 Å². The summed E-state index contributed by atoms with van der Waals surface area (Å²) in [6, 6.07) is 4.30. The Morgan fingerprint density at radius 2 is 2.17 bits per heavy atom. The third kappa shape index (κ3) is 2.75. The van der Waals surface area contributed by atoms with E-state index in [4.69, 9.17) is 5.73 Å². The van der Waals surface area contributed by atoms with Gasteiger partial charge in [-0.2, -0.15) is 0 Å². The molecule has 4 heteroatoms. The molecule has 1 aliphatic carbocycles. The molecule has 18 heavy (non-hydrogen) atoms. The second-order valence-electron chi connectivity index (χ2n) is 5.42. The van der Waals surface area contributed by atoms with Gasteiger partial charge in [0.2, 0.25) is 0 Å². The van der Waals surface area contributed by atoms with E-state index >= 15 is 0 Å². The molecular weight excluding hydrogens is 226 g/mol. The fraction of sp³-hybridized carbons (Fsp3) is 0.643. The number of hydrogen-bond acceptors (Lipinski definition) is 2. The van der Waals surface area contributed by atoms with Gasteiger partial charge >= 0.3 is 0 Å². The quantitative estimate of drug-likeness (QED) is 0.861. The van der Waals surface area contributed by atoms with Gasteiger partial charge in [-0.3, -0.25) is 4.79 Å². The predicted octanol–water partition coefficient (Wildman–Crippen LogP) is 2.07. The Balaban J connectivity index is 2.05. The first-order chi connectivity index (χ1) is 8.59. The SMILES string of the molecule is CC(C)n1cccc1C(=O)N[C@@H]1CCCC[C@H]1N. The van der Waals surface area contributed by atoms with E-state index in [9.17, 15) is 4.79 Å². The molecule has 100 valence electrons. The van der Waals surface area contributed by atoms with Crippen molar-refractivity contribution in [2.24, 2.45) is 5.73 Å². The fourth-order valence-corrected chi connectivity index (χ4v) is 2.62. The van der Waals surface area contributed by atoms with Gasteiger partial charge in [0.15, 0.2) is 0 Å². The summed E-state index contributed by atoms with van der Waals surface area (Å²) in [5.74, 6) is -0.00366. The second-order valence-corrected chi connectivity index (χ2v) is 5.42. The first-order valence-electron chi connectivity index (χ1n) is 6.83. The van der Waals surface area contributed by atoms with Crippen LogP contribution in [0.5, 0.6) is 0 Å². The fourth-order valence-electron chi connectivity index (χ4n) is 2.62. The molecule has 0 unspecified atom stereocenters. The van der Waals surface area contributed by atoms with Crippen molar-refractivity contribution in [1.82, 2.24) is 9.88 Å². The Morgan fingerprint density at radius 3 is 2.83 bits per heavy atom. The molecule has 1 heterocycles. The van der Waals surface area contributed by atoms with Gasteiger partial charge in [-0.25, -0.2) is 0 Å². The molecule has 1 fully saturated rings. The molecule has 1 aromatic rings. The molecule has 0 spiro atoms. The highest BCUT2D eigenvalue weighted by Gasteiger charge is 2.24. The summed E-state index contributed by atoms with van der Waals surface area (Å²) in [6.45, 7) is 4.15. The largest absolute Gasteiger partial charge is 0.346 e. The minimum absolute atomic E-state index is 0.00366. The number of nitrogens with two attached hydrogens (primary N) is 1. The minimum Gasteiger partial charge on any atom is -0.346 e. The molecule has 4 nitrogen and oxygen atoms in total. The normalized spacial score (nSPS) is 24.2. The number of carbonyl (C=O) groups is 1. The van der Waals surface area contributed by atoms with Crippen LogP contribution in [0, 0.1) is 0 Å². The second kappa shape index (κ2) is 5.57. The Morgan fingerprint density at radius 1 is 1.44 bits per heavy atom. The van der Waals surface area contributed by atoms with Crippen molar-refractivity contribution in [1.29, 1.82) is 0 Å². The first kappa shape index (κ1) is 13.1. The number of nitrogens with zero attached hydrogens (tertiary/aromatic N) is 1. The van der Waals surface area contributed by atoms with Crippen LogP contribution in [0.2, 0.25) is 0 Å². The van der Waals surface area contributed by atoms with E-state index in [0.29, 0.717) is 6.04 Å². The smallest absolute Gasteiger partial charge is 0.268 e. The van der Waals surface area contributed by atoms with Crippen molar-refractivity contribution >= 4 is 5.91 Å². The van der Waals surface area contributed by atoms with E-state index in [2.05, 4.69) is 19.2 Å². The van der Waals surface area contributed by atoms with Gasteiger partial charge in [0.05, 0.1) is 0 Å². The molecule has 1 aliphatic rings. The lowest BCUT2D eigenvalue weighted by Gasteiger charge is -2.29. The van der Waals surface area contributed by atoms with Gasteiger partial charge in [0, 0.05) is 24.3 Å². The average Bonchev–Trinajstić information content (AvgIpc) is 2.81. The van der Waals surface area contributed by atoms with Crippen LogP contribution >= 0.6 is 0 Å². The molecule has 2 rings (SSSR count). The zero-order valence-corrected chi connectivity index (χ0v) is 11.2. The van der Waals surface area contributed by atoms with Crippen molar-refractivity contribution in [3.8, 4) is 0 Å². The number of amides is 1. The van der Waals surface area contributed by atoms with Crippen molar-refractivity contribution in [3.63, 3.8) is 0 Å². The molecular formula is C14H23N3O. The molecule has 2 atom stereocenters. The maximum absolute atomic E-state index is 12.3. The number of hydrogen-bond donors (Lipinski definition) is 2. The maximum Gasteiger partial charge on any atom is 0.268 e. The van der Waals surface area contributed by atoms with E-state index in [0.717, 1.165) is 25.0 Å². The number of carbonyl (C=O) groups excluding carboxylic acids is 1. The standard InChI is InChI=1S/C14H23N3O/c1-10(2)17-9-5-8-13(17)14(18)16-12-7-4-3-6-11(12)15/h5,8-12H,3-4,6-7,15H2,1-2H3,(H,16,18)/t11-,12-/m1/s1. The van der Waals surface area contributed by atoms with Crippen molar-refractivity contribution in [2.45, 2.75) is 57.7 Å². The van der Waals surface area contributed by atoms with E-state index in [-0.39, 0.29) is 18.0 Å². The van der Waals surface area contributed by atoms with E-state index in [1.807, 2.05) is 22.9 Å². The summed E-state index contributed by atoms with van der Waals surface area (Å²) in [5.41, 5.74) is 6.78. The Bertz CT molecular complexity index is 411. The summed E-state index contributed by atoms with van der Waals surface area (Å²) in [6.07, 6.45) is 6.28. The highest BCUT2D eigenvalue weighted by Crippen LogP contribution is 2.18. The van der Waals surface area contributed by atoms with Crippen LogP contribution in [-0.4, -0.2) is 22.6 Å². The van der Waals surface area contributed by atoms with Crippen LogP contribution in [0.4, 0.5) is 0 Å². The monoisotopic (exact) mass is 249 g/mol. The Labute approximate surface area is 109 Å². The van der Waals surface area contributed by atoms with Gasteiger partial charge in [-0.15, -0.1) is 0 Å². The average molecular weight is 249 g/mol. The van der Waals surface area contributed by atoms with Crippen molar-refractivity contribution in [2.75, 3.05) is 0 Å². The van der Waals surface area contributed by atoms with Crippen LogP contribution in [0.15, 0.2) is 18.3 Å². The highest BCUT2D eigenvalue weighted by atomic mass is 16.2. The van der Waals surface area contributed by atoms with Crippen LogP contribution < -0.4 is 11.1 Å². The third-order valence-corrected chi connectivity index (χ3v) is 3.70. The Hall–Kier alpha value is -1.29. The lowest BCUT2D eigenvalue weighted by atomic mass is 9.91. The molecule has 1 saturated carbocycles. The van der Waals surface area contributed by atoms with E-state index in [1.165, 1.54) is 6.42 Å². The molecule has 1 aromatic heterocycles. The zero-order chi connectivity index (χ0) is 13.1. The van der Waals surface area contributed by atoms with Gasteiger partial charge in [0.1, 0.15) is 5.69 Å². The number of nitrogens with one attached hydrogen (secondary N) is 1. The minimum atomic E-state index is -0.00366. The Kier molecular flexibility index (Phi) is 4.07. The van der Waals surface area contributed by atoms with Gasteiger partial charge < -0.3 is 15.6 Å². The van der Waals surface area contributed by atoms with E-state index in [1.54, 1.807) is 0 Å². The topological polar surface area (TPSA) is 60.0 Å². The molecule has 1 amide bonds. The first-order valence-corrected chi connectivity index (χ1v) is 6.83. The zero-order valence-electron chi connectivity index (χ0n) is 11.2. The summed E-state index contributed by atoms with van der Waals surface area (Å²) in [7, 11) is 0. The van der Waals surface area contributed by atoms with Crippen LogP contribution in [0.25, 0.3) is 0 Å². The third-order valence-electron chi connectivity index (χ3n) is 3.70. The van der Waals surface area contributed by atoms with Crippen molar-refractivity contribution in [3.05, 3.63) is 24.0 Å². The summed E-state index contributed by atoms with van der Waals surface area (Å²) >= 11 is 0. The van der Waals surface area contributed by atoms with Crippen LogP contribution in [0.3, 0.4) is 0 Å². The molecule has 0 saturated heterocycles. The lowest BCUT2D eigenvalue weighted by molar-refractivity contribution is 0.0910. The summed E-state index contributed by atoms with van der Waals surface area (Å²) in [5, 5.41) is 3.08. The maximum atomic E-state index is 12.3. The summed E-state index contributed by atoms with van der Waals surface area (Å²) < 4.78 is 1.99. The van der Waals surface area contributed by atoms with Gasteiger partial charge in [-0.05, 0) is 38.8 Å². The number of aromatic nitrogens is 1. The van der Waals surface area contributed by atoms with Crippen LogP contribution in [-0.2, 0) is 0 Å². The van der Waals surface area contributed by atoms with Gasteiger partial charge in [-0.1, -0.05) is 12.8 Å². The van der Waals surface area contributed by atoms with Crippen molar-refractivity contribution < 1.29 is 4.79 Å². The molecule has 0 aromatic carbocycles. The number of rotatable bonds is 3. The molecule has 0 radical (unpaired) electrons. The molecule has 0 bridgehead atoms. The van der Waals surface area contributed by atoms with E-state index < -0.39 is 0 Å².